The van der Waals surface area contributed by atoms with Gasteiger partial charge in [-0.3, -0.25) is 0 Å². The Labute approximate surface area is 130 Å². The first-order chi connectivity index (χ1) is 9.95. The Bertz CT molecular complexity index is 595. The molecule has 1 aromatic carbocycles. The maximum Gasteiger partial charge on any atom is 0.243 e. The number of aliphatic hydroxyl groups is 1. The van der Waals surface area contributed by atoms with Crippen LogP contribution in [0.25, 0.3) is 0 Å². The number of thiocarbonyl (C=S) groups is 1. The van der Waals surface area contributed by atoms with Crippen molar-refractivity contribution in [1.82, 2.24) is 4.31 Å². The third-order valence-electron chi connectivity index (χ3n) is 3.71. The van der Waals surface area contributed by atoms with Crippen molar-refractivity contribution in [1.29, 1.82) is 0 Å². The summed E-state index contributed by atoms with van der Waals surface area (Å²) in [7, 11) is -3.56. The van der Waals surface area contributed by atoms with Crippen molar-refractivity contribution < 1.29 is 13.5 Å². The first-order valence-corrected chi connectivity index (χ1v) is 8.80. The largest absolute Gasteiger partial charge is 0.395 e. The minimum atomic E-state index is -3.56. The molecule has 0 heterocycles. The lowest BCUT2D eigenvalue weighted by Crippen LogP contribution is -2.45. The van der Waals surface area contributed by atoms with Crippen LogP contribution in [-0.4, -0.2) is 42.0 Å². The van der Waals surface area contributed by atoms with Gasteiger partial charge in [-0.05, 0) is 30.5 Å². The fourth-order valence-electron chi connectivity index (χ4n) is 2.39. The summed E-state index contributed by atoms with van der Waals surface area (Å²) in [5.74, 6) is 0. The van der Waals surface area contributed by atoms with Gasteiger partial charge in [0, 0.05) is 19.0 Å². The fourth-order valence-corrected chi connectivity index (χ4v) is 4.23. The first-order valence-electron chi connectivity index (χ1n) is 6.95. The molecule has 0 unspecified atom stereocenters. The number of sulfonamides is 1. The Balaban J connectivity index is 2.22. The minimum Gasteiger partial charge on any atom is -0.395 e. The number of rotatable bonds is 7. The molecule has 0 saturated heterocycles. The Morgan fingerprint density at radius 3 is 2.38 bits per heavy atom. The van der Waals surface area contributed by atoms with Gasteiger partial charge in [0.15, 0.2) is 0 Å². The van der Waals surface area contributed by atoms with Crippen LogP contribution < -0.4 is 5.73 Å². The Morgan fingerprint density at radius 2 is 1.95 bits per heavy atom. The van der Waals surface area contributed by atoms with Crippen LogP contribution >= 0.6 is 12.2 Å². The van der Waals surface area contributed by atoms with Gasteiger partial charge in [-0.15, -0.1) is 0 Å². The molecule has 7 heteroatoms. The lowest BCUT2D eigenvalue weighted by molar-refractivity contribution is 0.178. The lowest BCUT2D eigenvalue weighted by atomic mass is 9.93. The second kappa shape index (κ2) is 6.83. The van der Waals surface area contributed by atoms with Gasteiger partial charge in [-0.2, -0.15) is 4.31 Å². The number of nitrogens with zero attached hydrogens (tertiary/aromatic N) is 1. The molecule has 1 aliphatic rings. The Kier molecular flexibility index (Phi) is 5.32. The van der Waals surface area contributed by atoms with E-state index in [2.05, 4.69) is 0 Å². The highest BCUT2D eigenvalue weighted by Crippen LogP contribution is 2.29. The van der Waals surface area contributed by atoms with Gasteiger partial charge >= 0.3 is 0 Å². The average molecular weight is 328 g/mol. The van der Waals surface area contributed by atoms with Crippen molar-refractivity contribution in [3.8, 4) is 0 Å². The van der Waals surface area contributed by atoms with Crippen molar-refractivity contribution in [3.63, 3.8) is 0 Å². The Hall–Kier alpha value is -1.02. The van der Waals surface area contributed by atoms with Crippen LogP contribution in [0.15, 0.2) is 29.2 Å². The van der Waals surface area contributed by atoms with E-state index >= 15 is 0 Å². The molecule has 5 nitrogen and oxygen atoms in total. The summed E-state index contributed by atoms with van der Waals surface area (Å²) in [6.45, 7) is -0.0309. The number of benzene rings is 1. The van der Waals surface area contributed by atoms with Crippen molar-refractivity contribution >= 4 is 27.2 Å². The van der Waals surface area contributed by atoms with E-state index in [0.29, 0.717) is 11.4 Å². The molecule has 0 aromatic heterocycles. The SMILES string of the molecule is NC(=S)Cc1ccc(S(=O)(=O)N(CCO)C2CCC2)cc1. The van der Waals surface area contributed by atoms with Crippen molar-refractivity contribution in [2.45, 2.75) is 36.6 Å². The van der Waals surface area contributed by atoms with Crippen LogP contribution in [0.2, 0.25) is 0 Å². The van der Waals surface area contributed by atoms with Gasteiger partial charge in [0.25, 0.3) is 0 Å². The van der Waals surface area contributed by atoms with Crippen LogP contribution in [-0.2, 0) is 16.4 Å². The predicted octanol–water partition coefficient (Wildman–Crippen LogP) is 1.05. The molecule has 0 bridgehead atoms. The number of hydrogen-bond acceptors (Lipinski definition) is 4. The molecule has 21 heavy (non-hydrogen) atoms. The van der Waals surface area contributed by atoms with Gasteiger partial charge < -0.3 is 10.8 Å². The van der Waals surface area contributed by atoms with Crippen molar-refractivity contribution in [2.24, 2.45) is 5.73 Å². The molecule has 0 radical (unpaired) electrons. The summed E-state index contributed by atoms with van der Waals surface area (Å²) < 4.78 is 26.7. The predicted molar refractivity (Wildman–Crippen MR) is 85.5 cm³/mol. The summed E-state index contributed by atoms with van der Waals surface area (Å²) in [5.41, 5.74) is 6.37. The molecule has 116 valence electrons. The monoisotopic (exact) mass is 328 g/mol. The third kappa shape index (κ3) is 3.79. The molecule has 0 atom stereocenters. The second-order valence-electron chi connectivity index (χ2n) is 5.21. The van der Waals surface area contributed by atoms with Crippen molar-refractivity contribution in [2.75, 3.05) is 13.2 Å². The quantitative estimate of drug-likeness (QED) is 0.731. The third-order valence-corrected chi connectivity index (χ3v) is 5.82. The van der Waals surface area contributed by atoms with Crippen molar-refractivity contribution in [3.05, 3.63) is 29.8 Å². The highest BCUT2D eigenvalue weighted by Gasteiger charge is 2.34. The van der Waals surface area contributed by atoms with E-state index in [1.807, 2.05) is 0 Å². The summed E-state index contributed by atoms with van der Waals surface area (Å²) in [6, 6.07) is 6.62. The van der Waals surface area contributed by atoms with Gasteiger partial charge in [0.2, 0.25) is 10.0 Å². The molecule has 2 rings (SSSR count). The topological polar surface area (TPSA) is 83.6 Å². The van der Waals surface area contributed by atoms with E-state index in [9.17, 15) is 8.42 Å². The zero-order chi connectivity index (χ0) is 15.5. The van der Waals surface area contributed by atoms with E-state index in [0.717, 1.165) is 24.8 Å². The second-order valence-corrected chi connectivity index (χ2v) is 7.63. The van der Waals surface area contributed by atoms with E-state index < -0.39 is 10.0 Å². The van der Waals surface area contributed by atoms with Gasteiger partial charge in [0.05, 0.1) is 16.5 Å². The zero-order valence-electron chi connectivity index (χ0n) is 11.7. The molecule has 1 saturated carbocycles. The summed E-state index contributed by atoms with van der Waals surface area (Å²) in [5, 5.41) is 9.12. The molecular formula is C14H20N2O3S2. The molecule has 0 amide bonds. The smallest absolute Gasteiger partial charge is 0.243 e. The minimum absolute atomic E-state index is 0.0125. The standard InChI is InChI=1S/C14H20N2O3S2/c15-14(20)10-11-4-6-13(7-5-11)21(18,19)16(8-9-17)12-2-1-3-12/h4-7,12,17H,1-3,8-10H2,(H2,15,20). The molecule has 0 aliphatic heterocycles. The maximum atomic E-state index is 12.7. The Morgan fingerprint density at radius 1 is 1.33 bits per heavy atom. The van der Waals surface area contributed by atoms with Gasteiger partial charge in [-0.25, -0.2) is 8.42 Å². The van der Waals surface area contributed by atoms with Crippen LogP contribution in [0.3, 0.4) is 0 Å². The number of aliphatic hydroxyl groups excluding tert-OH is 1. The van der Waals surface area contributed by atoms with E-state index in [1.54, 1.807) is 24.3 Å². The van der Waals surface area contributed by atoms with Crippen LogP contribution in [0.1, 0.15) is 24.8 Å². The van der Waals surface area contributed by atoms with Gasteiger partial charge in [-0.1, -0.05) is 30.8 Å². The summed E-state index contributed by atoms with van der Waals surface area (Å²) in [6.07, 6.45) is 3.21. The summed E-state index contributed by atoms with van der Waals surface area (Å²) >= 11 is 4.84. The first kappa shape index (κ1) is 16.4. The average Bonchev–Trinajstić information content (AvgIpc) is 2.36. The molecule has 0 spiro atoms. The molecule has 1 fully saturated rings. The van der Waals surface area contributed by atoms with E-state index in [1.165, 1.54) is 4.31 Å². The fraction of sp³-hybridized carbons (Fsp3) is 0.500. The zero-order valence-corrected chi connectivity index (χ0v) is 13.4. The molecular weight excluding hydrogens is 308 g/mol. The summed E-state index contributed by atoms with van der Waals surface area (Å²) in [4.78, 5) is 0.622. The highest BCUT2D eigenvalue weighted by molar-refractivity contribution is 7.89. The number of hydrogen-bond donors (Lipinski definition) is 2. The van der Waals surface area contributed by atoms with Crippen LogP contribution in [0.5, 0.6) is 0 Å². The van der Waals surface area contributed by atoms with Crippen LogP contribution in [0.4, 0.5) is 0 Å². The van der Waals surface area contributed by atoms with E-state index in [4.69, 9.17) is 23.1 Å². The molecule has 1 aromatic rings. The van der Waals surface area contributed by atoms with Crippen LogP contribution in [0, 0.1) is 0 Å². The maximum absolute atomic E-state index is 12.7. The highest BCUT2D eigenvalue weighted by atomic mass is 32.2. The number of nitrogens with two attached hydrogens (primary N) is 1. The van der Waals surface area contributed by atoms with E-state index in [-0.39, 0.29) is 24.1 Å². The molecule has 1 aliphatic carbocycles. The molecule has 3 N–H and O–H groups in total. The van der Waals surface area contributed by atoms with Gasteiger partial charge in [0.1, 0.15) is 0 Å². The lowest BCUT2D eigenvalue weighted by Gasteiger charge is -2.36. The normalized spacial score (nSPS) is 15.9.